The Morgan fingerprint density at radius 2 is 1.85 bits per heavy atom. The van der Waals surface area contributed by atoms with Gasteiger partial charge in [0.05, 0.1) is 6.10 Å². The zero-order valence-electron chi connectivity index (χ0n) is 11.9. The Morgan fingerprint density at radius 3 is 2.40 bits per heavy atom. The van der Waals surface area contributed by atoms with Gasteiger partial charge in [-0.05, 0) is 56.9 Å². The van der Waals surface area contributed by atoms with Crippen molar-refractivity contribution in [2.45, 2.75) is 50.8 Å². The van der Waals surface area contributed by atoms with E-state index in [1.807, 2.05) is 29.2 Å². The monoisotopic (exact) mass is 274 g/mol. The number of aliphatic hydroxyl groups excluding tert-OH is 1. The number of piperidine rings is 1. The summed E-state index contributed by atoms with van der Waals surface area (Å²) >= 11 is 0. The number of anilines is 1. The van der Waals surface area contributed by atoms with Crippen molar-refractivity contribution in [3.63, 3.8) is 0 Å². The third-order valence-corrected chi connectivity index (χ3v) is 4.46. The van der Waals surface area contributed by atoms with Crippen molar-refractivity contribution in [3.05, 3.63) is 29.8 Å². The predicted molar refractivity (Wildman–Crippen MR) is 78.8 cm³/mol. The molecule has 2 fully saturated rings. The van der Waals surface area contributed by atoms with E-state index in [0.717, 1.165) is 43.5 Å². The average molecular weight is 274 g/mol. The van der Waals surface area contributed by atoms with Crippen LogP contribution in [0.1, 0.15) is 43.0 Å². The molecule has 2 saturated heterocycles. The van der Waals surface area contributed by atoms with Gasteiger partial charge in [-0.3, -0.25) is 4.79 Å². The van der Waals surface area contributed by atoms with Crippen molar-refractivity contribution in [2.24, 2.45) is 0 Å². The van der Waals surface area contributed by atoms with Gasteiger partial charge in [0.1, 0.15) is 0 Å². The lowest BCUT2D eigenvalue weighted by Crippen LogP contribution is -2.47. The molecule has 2 unspecified atom stereocenters. The number of nitrogens with zero attached hydrogens (tertiary/aromatic N) is 1. The molecule has 2 aliphatic heterocycles. The molecule has 2 aliphatic rings. The quantitative estimate of drug-likeness (QED) is 0.889. The standard InChI is InChI=1S/C16H22N2O2/c1-2-17-12-5-3-11(4-6-12)16(20)18-13-7-8-14(18)10-15(19)9-13/h3-6,13-15,17,19H,2,7-10H2,1H3. The molecule has 2 atom stereocenters. The van der Waals surface area contributed by atoms with Gasteiger partial charge in [-0.15, -0.1) is 0 Å². The lowest BCUT2D eigenvalue weighted by atomic mass is 9.98. The van der Waals surface area contributed by atoms with Crippen LogP contribution < -0.4 is 5.32 Å². The predicted octanol–water partition coefficient (Wildman–Crippen LogP) is 2.25. The number of benzene rings is 1. The van der Waals surface area contributed by atoms with Crippen LogP contribution in [0.5, 0.6) is 0 Å². The molecule has 2 N–H and O–H groups in total. The third kappa shape index (κ3) is 2.40. The highest BCUT2D eigenvalue weighted by Crippen LogP contribution is 2.36. The van der Waals surface area contributed by atoms with Crippen LogP contribution in [0.15, 0.2) is 24.3 Å². The molecule has 1 aromatic carbocycles. The number of carbonyl (C=O) groups is 1. The second-order valence-electron chi connectivity index (χ2n) is 5.83. The van der Waals surface area contributed by atoms with E-state index in [-0.39, 0.29) is 24.1 Å². The zero-order chi connectivity index (χ0) is 14.1. The summed E-state index contributed by atoms with van der Waals surface area (Å²) in [6.45, 7) is 2.93. The maximum atomic E-state index is 12.7. The van der Waals surface area contributed by atoms with Gasteiger partial charge in [-0.2, -0.15) is 0 Å². The Balaban J connectivity index is 1.76. The van der Waals surface area contributed by atoms with E-state index in [1.54, 1.807) is 0 Å². The second-order valence-corrected chi connectivity index (χ2v) is 5.83. The molecule has 0 radical (unpaired) electrons. The Morgan fingerprint density at radius 1 is 1.25 bits per heavy atom. The molecule has 4 heteroatoms. The smallest absolute Gasteiger partial charge is 0.254 e. The maximum Gasteiger partial charge on any atom is 0.254 e. The number of rotatable bonds is 3. The first kappa shape index (κ1) is 13.4. The Labute approximate surface area is 119 Å². The molecule has 108 valence electrons. The van der Waals surface area contributed by atoms with E-state index in [4.69, 9.17) is 0 Å². The van der Waals surface area contributed by atoms with Crippen LogP contribution in [0.25, 0.3) is 0 Å². The van der Waals surface area contributed by atoms with E-state index in [9.17, 15) is 9.90 Å². The van der Waals surface area contributed by atoms with Crippen molar-refractivity contribution in [1.29, 1.82) is 0 Å². The van der Waals surface area contributed by atoms with Gasteiger partial charge in [0.2, 0.25) is 0 Å². The van der Waals surface area contributed by atoms with E-state index >= 15 is 0 Å². The van der Waals surface area contributed by atoms with Crippen molar-refractivity contribution in [1.82, 2.24) is 4.90 Å². The molecule has 0 aromatic heterocycles. The summed E-state index contributed by atoms with van der Waals surface area (Å²) in [7, 11) is 0. The molecule has 2 bridgehead atoms. The third-order valence-electron chi connectivity index (χ3n) is 4.46. The summed E-state index contributed by atoms with van der Waals surface area (Å²) in [4.78, 5) is 14.7. The number of aliphatic hydroxyl groups is 1. The van der Waals surface area contributed by atoms with Crippen molar-refractivity contribution in [2.75, 3.05) is 11.9 Å². The van der Waals surface area contributed by atoms with Gasteiger partial charge in [-0.25, -0.2) is 0 Å². The summed E-state index contributed by atoms with van der Waals surface area (Å²) in [5.41, 5.74) is 1.79. The maximum absolute atomic E-state index is 12.7. The SMILES string of the molecule is CCNc1ccc(C(=O)N2C3CCC2CC(O)C3)cc1. The van der Waals surface area contributed by atoms with Gasteiger partial charge in [0, 0.05) is 29.9 Å². The van der Waals surface area contributed by atoms with Gasteiger partial charge in [-0.1, -0.05) is 0 Å². The molecule has 3 rings (SSSR count). The van der Waals surface area contributed by atoms with Crippen LogP contribution >= 0.6 is 0 Å². The fraction of sp³-hybridized carbons (Fsp3) is 0.562. The number of nitrogens with one attached hydrogen (secondary N) is 1. The number of hydrogen-bond donors (Lipinski definition) is 2. The average Bonchev–Trinajstić information content (AvgIpc) is 2.71. The molecule has 2 heterocycles. The minimum atomic E-state index is -0.229. The molecular weight excluding hydrogens is 252 g/mol. The molecule has 1 amide bonds. The topological polar surface area (TPSA) is 52.6 Å². The minimum Gasteiger partial charge on any atom is -0.393 e. The van der Waals surface area contributed by atoms with Crippen LogP contribution in [0.2, 0.25) is 0 Å². The number of carbonyl (C=O) groups excluding carboxylic acids is 1. The first-order chi connectivity index (χ1) is 9.69. The highest BCUT2D eigenvalue weighted by molar-refractivity contribution is 5.95. The normalized spacial score (nSPS) is 28.5. The summed E-state index contributed by atoms with van der Waals surface area (Å²) < 4.78 is 0. The summed E-state index contributed by atoms with van der Waals surface area (Å²) in [5, 5.41) is 13.0. The van der Waals surface area contributed by atoms with Crippen LogP contribution in [-0.4, -0.2) is 40.6 Å². The second kappa shape index (κ2) is 5.44. The van der Waals surface area contributed by atoms with E-state index in [1.165, 1.54) is 0 Å². The van der Waals surface area contributed by atoms with Gasteiger partial charge in [0.25, 0.3) is 5.91 Å². The van der Waals surface area contributed by atoms with Crippen molar-refractivity contribution in [3.8, 4) is 0 Å². The largest absolute Gasteiger partial charge is 0.393 e. The highest BCUT2D eigenvalue weighted by atomic mass is 16.3. The van der Waals surface area contributed by atoms with Crippen LogP contribution in [0.3, 0.4) is 0 Å². The van der Waals surface area contributed by atoms with Crippen molar-refractivity contribution >= 4 is 11.6 Å². The molecule has 20 heavy (non-hydrogen) atoms. The molecule has 0 saturated carbocycles. The lowest BCUT2D eigenvalue weighted by molar-refractivity contribution is 0.0287. The molecule has 4 nitrogen and oxygen atoms in total. The first-order valence-corrected chi connectivity index (χ1v) is 7.53. The summed E-state index contributed by atoms with van der Waals surface area (Å²) in [5.74, 6) is 0.118. The molecule has 0 aliphatic carbocycles. The summed E-state index contributed by atoms with van der Waals surface area (Å²) in [6, 6.07) is 8.15. The van der Waals surface area contributed by atoms with Crippen molar-refractivity contribution < 1.29 is 9.90 Å². The zero-order valence-corrected chi connectivity index (χ0v) is 11.9. The fourth-order valence-corrected chi connectivity index (χ4v) is 3.56. The van der Waals surface area contributed by atoms with E-state index in [2.05, 4.69) is 12.2 Å². The Kier molecular flexibility index (Phi) is 3.66. The number of hydrogen-bond acceptors (Lipinski definition) is 3. The van der Waals surface area contributed by atoms with Gasteiger partial charge in [0.15, 0.2) is 0 Å². The van der Waals surface area contributed by atoms with E-state index in [0.29, 0.717) is 0 Å². The van der Waals surface area contributed by atoms with Crippen LogP contribution in [-0.2, 0) is 0 Å². The van der Waals surface area contributed by atoms with E-state index < -0.39 is 0 Å². The highest BCUT2D eigenvalue weighted by Gasteiger charge is 2.42. The van der Waals surface area contributed by atoms with Crippen LogP contribution in [0.4, 0.5) is 5.69 Å². The van der Waals surface area contributed by atoms with Gasteiger partial charge < -0.3 is 15.3 Å². The summed E-state index contributed by atoms with van der Waals surface area (Å²) in [6.07, 6.45) is 3.30. The molecular formula is C16H22N2O2. The molecule has 0 spiro atoms. The minimum absolute atomic E-state index is 0.118. The first-order valence-electron chi connectivity index (χ1n) is 7.53. The molecule has 1 aromatic rings. The Hall–Kier alpha value is -1.55. The van der Waals surface area contributed by atoms with Crippen LogP contribution in [0, 0.1) is 0 Å². The number of fused-ring (bicyclic) bond motifs is 2. The Bertz CT molecular complexity index is 472. The fourth-order valence-electron chi connectivity index (χ4n) is 3.56. The van der Waals surface area contributed by atoms with Gasteiger partial charge >= 0.3 is 0 Å². The lowest BCUT2D eigenvalue weighted by Gasteiger charge is -2.37. The number of amides is 1.